The van der Waals surface area contributed by atoms with Gasteiger partial charge in [0.15, 0.2) is 0 Å². The summed E-state index contributed by atoms with van der Waals surface area (Å²) >= 11 is 9.12. The Kier molecular flexibility index (Phi) is 3.59. The Morgan fingerprint density at radius 1 is 1.75 bits per heavy atom. The van der Waals surface area contributed by atoms with Gasteiger partial charge in [0.2, 0.25) is 0 Å². The third-order valence-electron chi connectivity index (χ3n) is 1.68. The zero-order chi connectivity index (χ0) is 9.14. The fourth-order valence-corrected chi connectivity index (χ4v) is 1.70. The lowest BCUT2D eigenvalue weighted by Gasteiger charge is -2.03. The molecule has 1 heterocycles. The van der Waals surface area contributed by atoms with E-state index in [2.05, 4.69) is 28.0 Å². The lowest BCUT2D eigenvalue weighted by atomic mass is 10.1. The van der Waals surface area contributed by atoms with E-state index in [0.29, 0.717) is 11.8 Å². The summed E-state index contributed by atoms with van der Waals surface area (Å²) in [7, 11) is 1.92. The Morgan fingerprint density at radius 2 is 2.42 bits per heavy atom. The number of aryl methyl sites for hydroxylation is 1. The van der Waals surface area contributed by atoms with Crippen molar-refractivity contribution in [2.75, 3.05) is 5.88 Å². The van der Waals surface area contributed by atoms with Crippen LogP contribution >= 0.6 is 27.5 Å². The van der Waals surface area contributed by atoms with Crippen LogP contribution in [0.5, 0.6) is 0 Å². The summed E-state index contributed by atoms with van der Waals surface area (Å²) in [6.45, 7) is 2.13. The molecule has 0 aromatic carbocycles. The predicted octanol–water partition coefficient (Wildman–Crippen LogP) is 2.60. The van der Waals surface area contributed by atoms with Crippen LogP contribution in [0.1, 0.15) is 12.5 Å². The molecule has 1 unspecified atom stereocenters. The van der Waals surface area contributed by atoms with Crippen LogP contribution in [0.15, 0.2) is 10.8 Å². The van der Waals surface area contributed by atoms with Crippen LogP contribution < -0.4 is 0 Å². The summed E-state index contributed by atoms with van der Waals surface area (Å²) in [6, 6.07) is 0. The second-order valence-corrected chi connectivity index (χ2v) is 4.14. The molecule has 1 aromatic rings. The number of nitrogens with zero attached hydrogens (tertiary/aromatic N) is 2. The number of hydrogen-bond acceptors (Lipinski definition) is 1. The number of alkyl halides is 1. The van der Waals surface area contributed by atoms with Crippen LogP contribution in [-0.2, 0) is 13.5 Å². The van der Waals surface area contributed by atoms with Gasteiger partial charge in [0, 0.05) is 24.7 Å². The van der Waals surface area contributed by atoms with Crippen molar-refractivity contribution in [1.29, 1.82) is 0 Å². The third-order valence-corrected chi connectivity index (χ3v) is 2.88. The minimum atomic E-state index is 0.507. The second-order valence-electron chi connectivity index (χ2n) is 3.08. The zero-order valence-corrected chi connectivity index (χ0v) is 9.56. The molecule has 12 heavy (non-hydrogen) atoms. The van der Waals surface area contributed by atoms with E-state index in [1.165, 1.54) is 5.56 Å². The third kappa shape index (κ3) is 2.49. The molecule has 0 spiro atoms. The van der Waals surface area contributed by atoms with Crippen molar-refractivity contribution in [3.63, 3.8) is 0 Å². The molecule has 0 fully saturated rings. The van der Waals surface area contributed by atoms with Crippen LogP contribution in [0.4, 0.5) is 0 Å². The van der Waals surface area contributed by atoms with Crippen molar-refractivity contribution in [1.82, 2.24) is 9.78 Å². The van der Waals surface area contributed by atoms with Crippen molar-refractivity contribution < 1.29 is 0 Å². The van der Waals surface area contributed by atoms with Crippen LogP contribution in [0.2, 0.25) is 0 Å². The molecule has 0 saturated carbocycles. The van der Waals surface area contributed by atoms with E-state index < -0.39 is 0 Å². The molecular formula is C8H12BrClN2. The fourth-order valence-electron chi connectivity index (χ4n) is 1.08. The Labute approximate surface area is 86.0 Å². The molecule has 4 heteroatoms. The molecule has 0 N–H and O–H groups in total. The highest BCUT2D eigenvalue weighted by Crippen LogP contribution is 2.18. The molecule has 0 amide bonds. The van der Waals surface area contributed by atoms with E-state index in [-0.39, 0.29) is 0 Å². The monoisotopic (exact) mass is 250 g/mol. The molecule has 0 saturated heterocycles. The minimum Gasteiger partial charge on any atom is -0.274 e. The van der Waals surface area contributed by atoms with Crippen molar-refractivity contribution >= 4 is 27.5 Å². The number of hydrogen-bond donors (Lipinski definition) is 0. The standard InChI is InChI=1S/C8H12BrClN2/c1-6(4-10)3-7-5-12(2)11-8(7)9/h5-6H,3-4H2,1-2H3. The molecule has 1 aromatic heterocycles. The summed E-state index contributed by atoms with van der Waals surface area (Å²) < 4.78 is 2.74. The highest BCUT2D eigenvalue weighted by atomic mass is 79.9. The molecule has 0 aliphatic carbocycles. The molecule has 1 atom stereocenters. The van der Waals surface area contributed by atoms with E-state index >= 15 is 0 Å². The van der Waals surface area contributed by atoms with Gasteiger partial charge in [0.25, 0.3) is 0 Å². The van der Waals surface area contributed by atoms with Crippen molar-refractivity contribution in [3.05, 3.63) is 16.4 Å². The summed E-state index contributed by atoms with van der Waals surface area (Å²) in [6.07, 6.45) is 3.01. The lowest BCUT2D eigenvalue weighted by Crippen LogP contribution is -2.00. The van der Waals surface area contributed by atoms with Crippen LogP contribution in [0.25, 0.3) is 0 Å². The first kappa shape index (κ1) is 10.1. The highest BCUT2D eigenvalue weighted by Gasteiger charge is 2.08. The number of halogens is 2. The van der Waals surface area contributed by atoms with Gasteiger partial charge in [-0.05, 0) is 28.3 Å². The van der Waals surface area contributed by atoms with E-state index in [1.54, 1.807) is 4.68 Å². The van der Waals surface area contributed by atoms with Crippen molar-refractivity contribution in [2.45, 2.75) is 13.3 Å². The average Bonchev–Trinajstić information content (AvgIpc) is 2.30. The lowest BCUT2D eigenvalue weighted by molar-refractivity contribution is 0.652. The van der Waals surface area contributed by atoms with E-state index in [0.717, 1.165) is 11.0 Å². The first-order valence-corrected chi connectivity index (χ1v) is 5.20. The Hall–Kier alpha value is -0.0200. The summed E-state index contributed by atoms with van der Waals surface area (Å²) in [4.78, 5) is 0. The van der Waals surface area contributed by atoms with E-state index in [9.17, 15) is 0 Å². The SMILES string of the molecule is CC(CCl)Cc1cn(C)nc1Br. The molecule has 0 aliphatic rings. The normalized spacial score (nSPS) is 13.3. The summed E-state index contributed by atoms with van der Waals surface area (Å²) in [5.41, 5.74) is 1.23. The first-order chi connectivity index (χ1) is 5.63. The van der Waals surface area contributed by atoms with Gasteiger partial charge in [-0.3, -0.25) is 4.68 Å². The van der Waals surface area contributed by atoms with Crippen molar-refractivity contribution in [3.8, 4) is 0 Å². The molecule has 2 nitrogen and oxygen atoms in total. The summed E-state index contributed by atoms with van der Waals surface area (Å²) in [5, 5.41) is 4.19. The molecule has 0 bridgehead atoms. The largest absolute Gasteiger partial charge is 0.274 e. The number of rotatable bonds is 3. The molecule has 0 aliphatic heterocycles. The number of aromatic nitrogens is 2. The van der Waals surface area contributed by atoms with Gasteiger partial charge in [-0.25, -0.2) is 0 Å². The zero-order valence-electron chi connectivity index (χ0n) is 7.22. The van der Waals surface area contributed by atoms with Gasteiger partial charge in [0.05, 0.1) is 0 Å². The predicted molar refractivity (Wildman–Crippen MR) is 54.5 cm³/mol. The van der Waals surface area contributed by atoms with Gasteiger partial charge in [-0.2, -0.15) is 5.10 Å². The Balaban J connectivity index is 2.68. The van der Waals surface area contributed by atoms with E-state index in [1.807, 2.05) is 13.2 Å². The highest BCUT2D eigenvalue weighted by molar-refractivity contribution is 9.10. The smallest absolute Gasteiger partial charge is 0.131 e. The Morgan fingerprint density at radius 3 is 2.83 bits per heavy atom. The van der Waals surface area contributed by atoms with Gasteiger partial charge in [-0.15, -0.1) is 11.6 Å². The first-order valence-electron chi connectivity index (χ1n) is 3.87. The topological polar surface area (TPSA) is 17.8 Å². The van der Waals surface area contributed by atoms with Crippen LogP contribution in [0, 0.1) is 5.92 Å². The second kappa shape index (κ2) is 4.28. The fraction of sp³-hybridized carbons (Fsp3) is 0.625. The quantitative estimate of drug-likeness (QED) is 0.755. The van der Waals surface area contributed by atoms with Crippen LogP contribution in [0.3, 0.4) is 0 Å². The average molecular weight is 252 g/mol. The van der Waals surface area contributed by atoms with Gasteiger partial charge in [-0.1, -0.05) is 6.92 Å². The van der Waals surface area contributed by atoms with Crippen LogP contribution in [-0.4, -0.2) is 15.7 Å². The maximum Gasteiger partial charge on any atom is 0.131 e. The van der Waals surface area contributed by atoms with Gasteiger partial charge >= 0.3 is 0 Å². The van der Waals surface area contributed by atoms with Gasteiger partial charge in [0.1, 0.15) is 4.60 Å². The maximum absolute atomic E-state index is 5.72. The van der Waals surface area contributed by atoms with E-state index in [4.69, 9.17) is 11.6 Å². The molecular weight excluding hydrogens is 239 g/mol. The van der Waals surface area contributed by atoms with Gasteiger partial charge < -0.3 is 0 Å². The molecule has 1 rings (SSSR count). The summed E-state index contributed by atoms with van der Waals surface area (Å²) in [5.74, 6) is 1.20. The van der Waals surface area contributed by atoms with Crippen molar-refractivity contribution in [2.24, 2.45) is 13.0 Å². The molecule has 0 radical (unpaired) electrons. The Bertz CT molecular complexity index is 260. The molecule has 68 valence electrons. The maximum atomic E-state index is 5.72. The minimum absolute atomic E-state index is 0.507.